The number of aliphatic hydroxyl groups is 1. The zero-order valence-corrected chi connectivity index (χ0v) is 10.0. The molecule has 1 N–H and O–H groups in total. The average Bonchev–Trinajstić information content (AvgIpc) is 2.86. The first kappa shape index (κ1) is 12.0. The summed E-state index contributed by atoms with van der Waals surface area (Å²) in [5.41, 5.74) is 0. The molecule has 1 aliphatic rings. The lowest BCUT2D eigenvalue weighted by Gasteiger charge is -2.30. The van der Waals surface area contributed by atoms with E-state index in [1.165, 1.54) is 19.4 Å². The molecular weight excluding hydrogens is 174 g/mol. The molecule has 0 saturated heterocycles. The Morgan fingerprint density at radius 1 is 1.21 bits per heavy atom. The SMILES string of the molecule is CC(C)C(O)CN(CC1CC1)C(C)C. The molecule has 0 bridgehead atoms. The number of nitrogens with zero attached hydrogens (tertiary/aromatic N) is 1. The molecule has 0 radical (unpaired) electrons. The summed E-state index contributed by atoms with van der Waals surface area (Å²) in [5, 5.41) is 9.84. The average molecular weight is 199 g/mol. The van der Waals surface area contributed by atoms with E-state index < -0.39 is 0 Å². The number of hydrogen-bond donors (Lipinski definition) is 1. The van der Waals surface area contributed by atoms with Crippen molar-refractivity contribution in [1.29, 1.82) is 0 Å². The Labute approximate surface area is 88.3 Å². The van der Waals surface area contributed by atoms with Crippen LogP contribution in [0, 0.1) is 11.8 Å². The monoisotopic (exact) mass is 199 g/mol. The lowest BCUT2D eigenvalue weighted by molar-refractivity contribution is 0.0613. The lowest BCUT2D eigenvalue weighted by Crippen LogP contribution is -2.40. The molecule has 0 aromatic rings. The predicted molar refractivity (Wildman–Crippen MR) is 60.3 cm³/mol. The highest BCUT2D eigenvalue weighted by molar-refractivity contribution is 4.80. The highest BCUT2D eigenvalue weighted by Gasteiger charge is 2.26. The van der Waals surface area contributed by atoms with Crippen molar-refractivity contribution < 1.29 is 5.11 Å². The zero-order valence-electron chi connectivity index (χ0n) is 10.0. The Morgan fingerprint density at radius 2 is 1.79 bits per heavy atom. The van der Waals surface area contributed by atoms with E-state index in [2.05, 4.69) is 32.6 Å². The van der Waals surface area contributed by atoms with Gasteiger partial charge in [-0.15, -0.1) is 0 Å². The highest BCUT2D eigenvalue weighted by Crippen LogP contribution is 2.30. The topological polar surface area (TPSA) is 23.5 Å². The second-order valence-electron chi connectivity index (χ2n) is 5.30. The van der Waals surface area contributed by atoms with Crippen molar-refractivity contribution in [2.45, 2.75) is 52.7 Å². The number of hydrogen-bond acceptors (Lipinski definition) is 2. The van der Waals surface area contributed by atoms with Crippen LogP contribution in [0.15, 0.2) is 0 Å². The van der Waals surface area contributed by atoms with Gasteiger partial charge < -0.3 is 5.11 Å². The van der Waals surface area contributed by atoms with Crippen LogP contribution in [0.3, 0.4) is 0 Å². The van der Waals surface area contributed by atoms with E-state index in [4.69, 9.17) is 0 Å². The van der Waals surface area contributed by atoms with Crippen molar-refractivity contribution in [1.82, 2.24) is 4.90 Å². The fourth-order valence-corrected chi connectivity index (χ4v) is 1.58. The van der Waals surface area contributed by atoms with Crippen LogP contribution in [0.25, 0.3) is 0 Å². The number of rotatable bonds is 6. The molecule has 0 aliphatic heterocycles. The molecule has 0 aromatic carbocycles. The van der Waals surface area contributed by atoms with Gasteiger partial charge in [0.15, 0.2) is 0 Å². The molecule has 1 unspecified atom stereocenters. The predicted octanol–water partition coefficient (Wildman–Crippen LogP) is 2.12. The van der Waals surface area contributed by atoms with Gasteiger partial charge in [0, 0.05) is 19.1 Å². The second kappa shape index (κ2) is 5.13. The van der Waals surface area contributed by atoms with Gasteiger partial charge in [-0.05, 0) is 38.5 Å². The van der Waals surface area contributed by atoms with Gasteiger partial charge in [0.2, 0.25) is 0 Å². The van der Waals surface area contributed by atoms with Crippen LogP contribution < -0.4 is 0 Å². The van der Waals surface area contributed by atoms with E-state index in [0.29, 0.717) is 12.0 Å². The third kappa shape index (κ3) is 3.97. The maximum absolute atomic E-state index is 9.84. The maximum Gasteiger partial charge on any atom is 0.0690 e. The molecule has 2 nitrogen and oxygen atoms in total. The Morgan fingerprint density at radius 3 is 2.14 bits per heavy atom. The Bertz CT molecular complexity index is 164. The van der Waals surface area contributed by atoms with Crippen LogP contribution in [0.5, 0.6) is 0 Å². The molecule has 0 amide bonds. The zero-order chi connectivity index (χ0) is 10.7. The van der Waals surface area contributed by atoms with Crippen LogP contribution in [-0.4, -0.2) is 35.2 Å². The molecule has 1 atom stereocenters. The van der Waals surface area contributed by atoms with Gasteiger partial charge in [-0.2, -0.15) is 0 Å². The maximum atomic E-state index is 9.84. The standard InChI is InChI=1S/C12H25NO/c1-9(2)12(14)8-13(10(3)4)7-11-5-6-11/h9-12,14H,5-8H2,1-4H3. The molecule has 2 heteroatoms. The quantitative estimate of drug-likeness (QED) is 0.708. The van der Waals surface area contributed by atoms with E-state index in [9.17, 15) is 5.11 Å². The minimum atomic E-state index is -0.170. The summed E-state index contributed by atoms with van der Waals surface area (Å²) < 4.78 is 0. The van der Waals surface area contributed by atoms with E-state index in [-0.39, 0.29) is 6.10 Å². The molecule has 1 aliphatic carbocycles. The summed E-state index contributed by atoms with van der Waals surface area (Å²) in [6.07, 6.45) is 2.61. The summed E-state index contributed by atoms with van der Waals surface area (Å²) in [7, 11) is 0. The van der Waals surface area contributed by atoms with Crippen LogP contribution in [-0.2, 0) is 0 Å². The number of aliphatic hydroxyl groups excluding tert-OH is 1. The molecule has 14 heavy (non-hydrogen) atoms. The summed E-state index contributed by atoms with van der Waals surface area (Å²) >= 11 is 0. The summed E-state index contributed by atoms with van der Waals surface area (Å²) in [4.78, 5) is 2.42. The van der Waals surface area contributed by atoms with Gasteiger partial charge in [-0.1, -0.05) is 13.8 Å². The van der Waals surface area contributed by atoms with Crippen LogP contribution in [0.1, 0.15) is 40.5 Å². The van der Waals surface area contributed by atoms with Crippen molar-refractivity contribution in [2.75, 3.05) is 13.1 Å². The minimum Gasteiger partial charge on any atom is -0.392 e. The molecule has 0 aromatic heterocycles. The summed E-state index contributed by atoms with van der Waals surface area (Å²) in [6, 6.07) is 0.559. The van der Waals surface area contributed by atoms with Gasteiger partial charge >= 0.3 is 0 Å². The fourth-order valence-electron chi connectivity index (χ4n) is 1.58. The summed E-state index contributed by atoms with van der Waals surface area (Å²) in [5.74, 6) is 1.28. The molecular formula is C12H25NO. The molecule has 0 heterocycles. The fraction of sp³-hybridized carbons (Fsp3) is 1.00. The first-order valence-corrected chi connectivity index (χ1v) is 5.92. The van der Waals surface area contributed by atoms with Crippen molar-refractivity contribution in [2.24, 2.45) is 11.8 Å². The third-order valence-corrected chi connectivity index (χ3v) is 3.11. The van der Waals surface area contributed by atoms with Crippen LogP contribution >= 0.6 is 0 Å². The first-order valence-electron chi connectivity index (χ1n) is 5.92. The minimum absolute atomic E-state index is 0.170. The van der Waals surface area contributed by atoms with E-state index in [1.807, 2.05) is 0 Å². The van der Waals surface area contributed by atoms with E-state index >= 15 is 0 Å². The highest BCUT2D eigenvalue weighted by atomic mass is 16.3. The molecule has 84 valence electrons. The normalized spacial score (nSPS) is 19.7. The van der Waals surface area contributed by atoms with Crippen LogP contribution in [0.2, 0.25) is 0 Å². The van der Waals surface area contributed by atoms with E-state index in [0.717, 1.165) is 12.5 Å². The largest absolute Gasteiger partial charge is 0.392 e. The Hall–Kier alpha value is -0.0800. The van der Waals surface area contributed by atoms with Gasteiger partial charge in [-0.3, -0.25) is 4.90 Å². The van der Waals surface area contributed by atoms with Crippen molar-refractivity contribution in [3.63, 3.8) is 0 Å². The van der Waals surface area contributed by atoms with Crippen molar-refractivity contribution in [3.05, 3.63) is 0 Å². The van der Waals surface area contributed by atoms with Gasteiger partial charge in [0.25, 0.3) is 0 Å². The van der Waals surface area contributed by atoms with Gasteiger partial charge in [0.05, 0.1) is 6.10 Å². The molecule has 0 spiro atoms. The Kier molecular flexibility index (Phi) is 4.39. The second-order valence-corrected chi connectivity index (χ2v) is 5.30. The molecule has 1 saturated carbocycles. The lowest BCUT2D eigenvalue weighted by atomic mass is 10.1. The van der Waals surface area contributed by atoms with Gasteiger partial charge in [0.1, 0.15) is 0 Å². The van der Waals surface area contributed by atoms with E-state index in [1.54, 1.807) is 0 Å². The van der Waals surface area contributed by atoms with Crippen LogP contribution in [0.4, 0.5) is 0 Å². The first-order chi connectivity index (χ1) is 6.50. The smallest absolute Gasteiger partial charge is 0.0690 e. The van der Waals surface area contributed by atoms with Crippen molar-refractivity contribution >= 4 is 0 Å². The Balaban J connectivity index is 2.33. The molecule has 1 rings (SSSR count). The third-order valence-electron chi connectivity index (χ3n) is 3.11. The summed E-state index contributed by atoms with van der Waals surface area (Å²) in [6.45, 7) is 10.6. The van der Waals surface area contributed by atoms with Crippen molar-refractivity contribution in [3.8, 4) is 0 Å². The molecule has 1 fully saturated rings. The van der Waals surface area contributed by atoms with Gasteiger partial charge in [-0.25, -0.2) is 0 Å².